The van der Waals surface area contributed by atoms with Crippen LogP contribution in [0.5, 0.6) is 0 Å². The first-order valence-electron chi connectivity index (χ1n) is 20.9. The van der Waals surface area contributed by atoms with Crippen molar-refractivity contribution in [2.75, 3.05) is 6.54 Å². The molecule has 7 unspecified atom stereocenters. The first-order valence-corrected chi connectivity index (χ1v) is 21.3. The molecule has 0 aliphatic heterocycles. The van der Waals surface area contributed by atoms with Crippen LogP contribution in [0.4, 0.5) is 0 Å². The quantitative estimate of drug-likeness (QED) is 0.0210. The van der Waals surface area contributed by atoms with E-state index in [4.69, 9.17) is 12.2 Å². The Kier molecular flexibility index (Phi) is 30.4. The second-order valence-corrected chi connectivity index (χ2v) is 15.5. The van der Waals surface area contributed by atoms with E-state index >= 15 is 0 Å². The lowest BCUT2D eigenvalue weighted by Gasteiger charge is -2.33. The molecule has 0 bridgehead atoms. The van der Waals surface area contributed by atoms with E-state index in [1.54, 1.807) is 0 Å². The number of allylic oxidation sites excluding steroid dienone is 1. The van der Waals surface area contributed by atoms with E-state index in [-0.39, 0.29) is 13.0 Å². The summed E-state index contributed by atoms with van der Waals surface area (Å²) in [5.74, 6) is 0. The van der Waals surface area contributed by atoms with Crippen LogP contribution in [-0.2, 0) is 0 Å². The van der Waals surface area contributed by atoms with Gasteiger partial charge in [-0.15, -0.1) is 0 Å². The molecular weight excluding hydrogens is 633 g/mol. The third-order valence-electron chi connectivity index (χ3n) is 10.5. The van der Waals surface area contributed by atoms with Crippen LogP contribution in [0.15, 0.2) is 12.2 Å². The minimum Gasteiger partial charge on any atom is -0.393 e. The molecule has 0 aromatic carbocycles. The predicted octanol–water partition coefficient (Wildman–Crippen LogP) is 8.57. The average molecular weight is 713 g/mol. The maximum absolute atomic E-state index is 10.9. The Morgan fingerprint density at radius 3 is 1.57 bits per heavy atom. The molecule has 0 saturated carbocycles. The fourth-order valence-electron chi connectivity index (χ4n) is 6.93. The second-order valence-electron chi connectivity index (χ2n) is 15.1. The van der Waals surface area contributed by atoms with Crippen LogP contribution in [0.3, 0.4) is 0 Å². The van der Waals surface area contributed by atoms with Crippen LogP contribution >= 0.6 is 12.2 Å². The Bertz CT molecular complexity index is 787. The molecule has 290 valence electrons. The third-order valence-corrected chi connectivity index (χ3v) is 10.8. The van der Waals surface area contributed by atoms with E-state index in [2.05, 4.69) is 17.6 Å². The van der Waals surface area contributed by atoms with Gasteiger partial charge in [0.05, 0.1) is 35.4 Å². The molecule has 0 radical (unpaired) electrons. The smallest absolute Gasteiger partial charge is 0.108 e. The maximum Gasteiger partial charge on any atom is 0.108 e. The number of hydrogen-bond acceptors (Lipinski definition) is 7. The van der Waals surface area contributed by atoms with E-state index in [0.717, 1.165) is 19.3 Å². The lowest BCUT2D eigenvalue weighted by atomic mass is 9.94. The minimum absolute atomic E-state index is 0.225. The molecule has 0 aromatic heterocycles. The summed E-state index contributed by atoms with van der Waals surface area (Å²) in [4.78, 5) is 0.699. The van der Waals surface area contributed by atoms with E-state index < -0.39 is 42.6 Å². The molecule has 0 fully saturated rings. The van der Waals surface area contributed by atoms with Crippen LogP contribution in [0, 0.1) is 0 Å². The minimum atomic E-state index is -1.25. The normalized spacial score (nSPS) is 21.6. The molecule has 0 heterocycles. The summed E-state index contributed by atoms with van der Waals surface area (Å²) < 4.78 is 0. The summed E-state index contributed by atoms with van der Waals surface area (Å²) in [7, 11) is 0. The average Bonchev–Trinajstić information content (AvgIpc) is 3.09. The van der Waals surface area contributed by atoms with Crippen molar-refractivity contribution in [3.63, 3.8) is 0 Å². The third kappa shape index (κ3) is 25.1. The first-order chi connectivity index (χ1) is 23.8. The largest absolute Gasteiger partial charge is 0.393 e. The van der Waals surface area contributed by atoms with Crippen LogP contribution in [0.2, 0.25) is 0 Å². The molecule has 7 nitrogen and oxygen atoms in total. The van der Waals surface area contributed by atoms with Gasteiger partial charge in [-0.1, -0.05) is 179 Å². The van der Waals surface area contributed by atoms with Gasteiger partial charge in [0, 0.05) is 13.0 Å². The van der Waals surface area contributed by atoms with Crippen LogP contribution in [0.1, 0.15) is 194 Å². The van der Waals surface area contributed by atoms with Crippen molar-refractivity contribution >= 4 is 17.2 Å². The van der Waals surface area contributed by atoms with E-state index in [9.17, 15) is 25.5 Å². The number of rotatable bonds is 32. The summed E-state index contributed by atoms with van der Waals surface area (Å²) in [5, 5.41) is 58.6. The maximum atomic E-state index is 10.9. The second kappa shape index (κ2) is 32.1. The fourth-order valence-corrected chi connectivity index (χ4v) is 7.23. The van der Waals surface area contributed by atoms with Gasteiger partial charge in [0.2, 0.25) is 0 Å². The van der Waals surface area contributed by atoms with Gasteiger partial charge in [0.25, 0.3) is 0 Å². The van der Waals surface area contributed by atoms with E-state index in [0.29, 0.717) is 24.3 Å². The van der Waals surface area contributed by atoms with Gasteiger partial charge in [-0.25, -0.2) is 0 Å². The zero-order chi connectivity index (χ0) is 36.0. The highest BCUT2D eigenvalue weighted by Gasteiger charge is 2.32. The van der Waals surface area contributed by atoms with Crippen molar-refractivity contribution < 1.29 is 25.5 Å². The van der Waals surface area contributed by atoms with Crippen LogP contribution < -0.4 is 10.6 Å². The summed E-state index contributed by atoms with van der Waals surface area (Å²) in [6.07, 6.45) is 32.8. The van der Waals surface area contributed by atoms with Gasteiger partial charge in [-0.2, -0.15) is 0 Å². The number of unbranched alkanes of at least 4 members (excludes halogenated alkanes) is 22. The zero-order valence-electron chi connectivity index (χ0n) is 31.8. The Morgan fingerprint density at radius 1 is 0.673 bits per heavy atom. The van der Waals surface area contributed by atoms with E-state index in [1.807, 2.05) is 19.1 Å². The van der Waals surface area contributed by atoms with Crippen LogP contribution in [0.25, 0.3) is 0 Å². The van der Waals surface area contributed by atoms with Crippen molar-refractivity contribution in [2.24, 2.45) is 0 Å². The highest BCUT2D eigenvalue weighted by Crippen LogP contribution is 2.17. The lowest BCUT2D eigenvalue weighted by Crippen LogP contribution is -2.55. The highest BCUT2D eigenvalue weighted by atomic mass is 32.1. The van der Waals surface area contributed by atoms with Crippen molar-refractivity contribution in [3.05, 3.63) is 12.2 Å². The molecule has 0 aromatic rings. The summed E-state index contributed by atoms with van der Waals surface area (Å²) in [6, 6.07) is -1.03. The lowest BCUT2D eigenvalue weighted by molar-refractivity contribution is -0.0703. The van der Waals surface area contributed by atoms with Gasteiger partial charge < -0.3 is 36.2 Å². The molecule has 0 amide bonds. The van der Waals surface area contributed by atoms with Gasteiger partial charge in [-0.05, 0) is 32.1 Å². The number of aliphatic hydroxyl groups is 5. The Hall–Kier alpha value is -0.610. The molecule has 1 aliphatic carbocycles. The van der Waals surface area contributed by atoms with Crippen molar-refractivity contribution in [3.8, 4) is 0 Å². The van der Waals surface area contributed by atoms with Crippen molar-refractivity contribution in [2.45, 2.75) is 236 Å². The molecule has 7 atom stereocenters. The number of hydrogen-bond donors (Lipinski definition) is 7. The SMILES string of the molecule is CCCCCCCCCCCCCCCCCCCCCCCCCC(=S)NC(CNC1C=CCCC(O)C(O)C1O)C(O)CC(O)CC. The molecule has 1 aliphatic rings. The number of thiocarbonyl (C=S) groups is 1. The summed E-state index contributed by atoms with van der Waals surface area (Å²) >= 11 is 5.64. The Morgan fingerprint density at radius 2 is 1.12 bits per heavy atom. The van der Waals surface area contributed by atoms with Crippen molar-refractivity contribution in [1.29, 1.82) is 0 Å². The van der Waals surface area contributed by atoms with E-state index in [1.165, 1.54) is 135 Å². The molecule has 49 heavy (non-hydrogen) atoms. The summed E-state index contributed by atoms with van der Waals surface area (Å²) in [6.45, 7) is 4.45. The summed E-state index contributed by atoms with van der Waals surface area (Å²) in [5.41, 5.74) is 0. The molecule has 7 N–H and O–H groups in total. The Balaban J connectivity index is 2.10. The molecule has 0 saturated heterocycles. The zero-order valence-corrected chi connectivity index (χ0v) is 32.7. The van der Waals surface area contributed by atoms with Gasteiger partial charge >= 0.3 is 0 Å². The molecular formula is C41H80N2O5S. The topological polar surface area (TPSA) is 125 Å². The van der Waals surface area contributed by atoms with Gasteiger partial charge in [-0.3, -0.25) is 0 Å². The van der Waals surface area contributed by atoms with Gasteiger partial charge in [0.1, 0.15) is 12.2 Å². The van der Waals surface area contributed by atoms with Gasteiger partial charge in [0.15, 0.2) is 0 Å². The standard InChI is InChI=1S/C41H80N2O5S/c1-3-5-6-7-8-9-10-11-12-13-14-15-16-17-18-19-20-21-22-23-24-25-26-31-39(49)43-36(38(46)32-34(44)4-2)33-42-35-29-27-28-30-37(45)41(48)40(35)47/h27,29,34-38,40-42,44-48H,3-26,28,30-33H2,1-2H3,(H,43,49). The van der Waals surface area contributed by atoms with Crippen LogP contribution in [-0.4, -0.2) is 79.7 Å². The molecule has 0 spiro atoms. The first kappa shape index (κ1) is 46.4. The molecule has 8 heteroatoms. The highest BCUT2D eigenvalue weighted by molar-refractivity contribution is 7.80. The van der Waals surface area contributed by atoms with Crippen molar-refractivity contribution in [1.82, 2.24) is 10.6 Å². The monoisotopic (exact) mass is 713 g/mol. The number of aliphatic hydroxyl groups excluding tert-OH is 5. The molecule has 1 rings (SSSR count). The predicted molar refractivity (Wildman–Crippen MR) is 211 cm³/mol. The Labute approximate surface area is 307 Å². The number of nitrogens with one attached hydrogen (secondary N) is 2. The fraction of sp³-hybridized carbons (Fsp3) is 0.927.